The highest BCUT2D eigenvalue weighted by Crippen LogP contribution is 2.22. The minimum Gasteiger partial charge on any atom is -0.317 e. The van der Waals surface area contributed by atoms with E-state index >= 15 is 0 Å². The van der Waals surface area contributed by atoms with Crippen molar-refractivity contribution in [1.29, 1.82) is 0 Å². The topological polar surface area (TPSA) is 12.0 Å². The van der Waals surface area contributed by atoms with E-state index in [1.807, 2.05) is 23.9 Å². The first-order chi connectivity index (χ1) is 7.84. The first kappa shape index (κ1) is 12.3. The standard InChI is InChI=1S/C13H18ClNS/c14-13-3-1-2-12(8-13)10-16-9-11-4-6-15-7-5-11/h1-3,8,11,15H,4-7,9-10H2. The SMILES string of the molecule is Clc1cccc(CSCC2CCNCC2)c1. The van der Waals surface area contributed by atoms with Gasteiger partial charge in [-0.3, -0.25) is 0 Å². The molecule has 88 valence electrons. The van der Waals surface area contributed by atoms with Gasteiger partial charge in [0.2, 0.25) is 0 Å². The summed E-state index contributed by atoms with van der Waals surface area (Å²) in [5.41, 5.74) is 1.34. The van der Waals surface area contributed by atoms with Gasteiger partial charge in [0.1, 0.15) is 0 Å². The number of benzene rings is 1. The minimum atomic E-state index is 0.847. The van der Waals surface area contributed by atoms with E-state index in [1.165, 1.54) is 37.2 Å². The molecule has 0 aromatic heterocycles. The monoisotopic (exact) mass is 255 g/mol. The summed E-state index contributed by atoms with van der Waals surface area (Å²) in [6.45, 7) is 2.39. The smallest absolute Gasteiger partial charge is 0.0409 e. The lowest BCUT2D eigenvalue weighted by Gasteiger charge is -2.22. The Morgan fingerprint density at radius 2 is 2.12 bits per heavy atom. The van der Waals surface area contributed by atoms with Gasteiger partial charge in [-0.2, -0.15) is 11.8 Å². The highest BCUT2D eigenvalue weighted by atomic mass is 35.5. The quantitative estimate of drug-likeness (QED) is 0.883. The maximum Gasteiger partial charge on any atom is 0.0409 e. The summed E-state index contributed by atoms with van der Waals surface area (Å²) in [5.74, 6) is 3.28. The Bertz CT molecular complexity index is 323. The summed E-state index contributed by atoms with van der Waals surface area (Å²) in [5, 5.41) is 4.25. The Morgan fingerprint density at radius 1 is 1.31 bits per heavy atom. The van der Waals surface area contributed by atoms with Gasteiger partial charge in [-0.05, 0) is 55.3 Å². The van der Waals surface area contributed by atoms with Crippen LogP contribution >= 0.6 is 23.4 Å². The zero-order valence-electron chi connectivity index (χ0n) is 9.42. The van der Waals surface area contributed by atoms with Crippen molar-refractivity contribution in [2.24, 2.45) is 5.92 Å². The molecule has 0 amide bonds. The Hall–Kier alpha value is -0.180. The number of thioether (sulfide) groups is 1. The second-order valence-electron chi connectivity index (χ2n) is 4.34. The molecule has 1 nitrogen and oxygen atoms in total. The number of hydrogen-bond donors (Lipinski definition) is 1. The fraction of sp³-hybridized carbons (Fsp3) is 0.538. The molecule has 1 aromatic carbocycles. The average molecular weight is 256 g/mol. The van der Waals surface area contributed by atoms with Gasteiger partial charge >= 0.3 is 0 Å². The fourth-order valence-electron chi connectivity index (χ4n) is 2.02. The summed E-state index contributed by atoms with van der Waals surface area (Å²) in [4.78, 5) is 0. The van der Waals surface area contributed by atoms with E-state index in [2.05, 4.69) is 17.4 Å². The highest BCUT2D eigenvalue weighted by Gasteiger charge is 2.12. The second kappa shape index (κ2) is 6.53. The van der Waals surface area contributed by atoms with Crippen molar-refractivity contribution >= 4 is 23.4 Å². The Labute approximate surface area is 107 Å². The predicted molar refractivity (Wildman–Crippen MR) is 73.2 cm³/mol. The lowest BCUT2D eigenvalue weighted by Crippen LogP contribution is -2.28. The van der Waals surface area contributed by atoms with Crippen LogP contribution in [-0.2, 0) is 5.75 Å². The molecule has 1 saturated heterocycles. The van der Waals surface area contributed by atoms with Crippen LogP contribution in [0.5, 0.6) is 0 Å². The molecular formula is C13H18ClNS. The Morgan fingerprint density at radius 3 is 2.88 bits per heavy atom. The second-order valence-corrected chi connectivity index (χ2v) is 5.81. The van der Waals surface area contributed by atoms with E-state index in [0.717, 1.165) is 16.7 Å². The van der Waals surface area contributed by atoms with Crippen molar-refractivity contribution in [3.63, 3.8) is 0 Å². The van der Waals surface area contributed by atoms with E-state index in [1.54, 1.807) is 0 Å². The molecule has 0 bridgehead atoms. The number of rotatable bonds is 4. The van der Waals surface area contributed by atoms with Gasteiger partial charge in [-0.1, -0.05) is 23.7 Å². The van der Waals surface area contributed by atoms with Crippen molar-refractivity contribution < 1.29 is 0 Å². The van der Waals surface area contributed by atoms with Crippen molar-refractivity contribution in [2.45, 2.75) is 18.6 Å². The summed E-state index contributed by atoms with van der Waals surface area (Å²) >= 11 is 7.99. The van der Waals surface area contributed by atoms with E-state index < -0.39 is 0 Å². The van der Waals surface area contributed by atoms with Gasteiger partial charge in [0, 0.05) is 10.8 Å². The van der Waals surface area contributed by atoms with Crippen LogP contribution in [0.2, 0.25) is 5.02 Å². The molecule has 16 heavy (non-hydrogen) atoms. The maximum absolute atomic E-state index is 5.95. The van der Waals surface area contributed by atoms with Crippen LogP contribution in [0.4, 0.5) is 0 Å². The van der Waals surface area contributed by atoms with Crippen LogP contribution in [0, 0.1) is 5.92 Å². The third-order valence-electron chi connectivity index (χ3n) is 2.97. The number of piperidine rings is 1. The molecule has 1 aliphatic heterocycles. The molecule has 1 aromatic rings. The van der Waals surface area contributed by atoms with Gasteiger partial charge in [0.15, 0.2) is 0 Å². The fourth-order valence-corrected chi connectivity index (χ4v) is 3.43. The third-order valence-corrected chi connectivity index (χ3v) is 4.45. The largest absolute Gasteiger partial charge is 0.317 e. The number of hydrogen-bond acceptors (Lipinski definition) is 2. The molecule has 1 fully saturated rings. The van der Waals surface area contributed by atoms with Gasteiger partial charge in [0.25, 0.3) is 0 Å². The molecule has 0 unspecified atom stereocenters. The molecule has 1 aliphatic rings. The average Bonchev–Trinajstić information content (AvgIpc) is 2.30. The van der Waals surface area contributed by atoms with Crippen LogP contribution in [0.3, 0.4) is 0 Å². The van der Waals surface area contributed by atoms with Crippen molar-refractivity contribution in [3.8, 4) is 0 Å². The van der Waals surface area contributed by atoms with Gasteiger partial charge in [-0.25, -0.2) is 0 Å². The van der Waals surface area contributed by atoms with Gasteiger partial charge < -0.3 is 5.32 Å². The normalized spacial score (nSPS) is 17.6. The molecule has 2 rings (SSSR count). The first-order valence-corrected chi connectivity index (χ1v) is 7.41. The molecule has 0 atom stereocenters. The number of halogens is 1. The van der Waals surface area contributed by atoms with Crippen LogP contribution < -0.4 is 5.32 Å². The number of nitrogens with one attached hydrogen (secondary N) is 1. The summed E-state index contributed by atoms with van der Waals surface area (Å²) < 4.78 is 0. The molecule has 0 radical (unpaired) electrons. The molecule has 0 saturated carbocycles. The van der Waals surface area contributed by atoms with Gasteiger partial charge in [0.05, 0.1) is 0 Å². The van der Waals surface area contributed by atoms with Crippen LogP contribution in [0.15, 0.2) is 24.3 Å². The van der Waals surface area contributed by atoms with E-state index in [0.29, 0.717) is 0 Å². The minimum absolute atomic E-state index is 0.847. The summed E-state index contributed by atoms with van der Waals surface area (Å²) in [6, 6.07) is 8.18. The van der Waals surface area contributed by atoms with Gasteiger partial charge in [-0.15, -0.1) is 0 Å². The molecule has 0 spiro atoms. The zero-order chi connectivity index (χ0) is 11.2. The van der Waals surface area contributed by atoms with Crippen LogP contribution in [0.25, 0.3) is 0 Å². The van der Waals surface area contributed by atoms with E-state index in [4.69, 9.17) is 11.6 Å². The highest BCUT2D eigenvalue weighted by molar-refractivity contribution is 7.98. The molecule has 3 heteroatoms. The Balaban J connectivity index is 1.71. The molecule has 1 heterocycles. The predicted octanol–water partition coefficient (Wildman–Crippen LogP) is 3.57. The van der Waals surface area contributed by atoms with Crippen molar-refractivity contribution in [3.05, 3.63) is 34.9 Å². The van der Waals surface area contributed by atoms with Crippen LogP contribution in [0.1, 0.15) is 18.4 Å². The summed E-state index contributed by atoms with van der Waals surface area (Å²) in [7, 11) is 0. The van der Waals surface area contributed by atoms with Crippen molar-refractivity contribution in [2.75, 3.05) is 18.8 Å². The molecule has 0 aliphatic carbocycles. The third kappa shape index (κ3) is 4.00. The van der Waals surface area contributed by atoms with E-state index in [9.17, 15) is 0 Å². The van der Waals surface area contributed by atoms with Crippen molar-refractivity contribution in [1.82, 2.24) is 5.32 Å². The maximum atomic E-state index is 5.95. The molecule has 1 N–H and O–H groups in total. The van der Waals surface area contributed by atoms with Crippen LogP contribution in [-0.4, -0.2) is 18.8 Å². The Kier molecular flexibility index (Phi) is 5.01. The lowest BCUT2D eigenvalue weighted by molar-refractivity contribution is 0.408. The molecular weight excluding hydrogens is 238 g/mol. The summed E-state index contributed by atoms with van der Waals surface area (Å²) in [6.07, 6.45) is 2.67. The zero-order valence-corrected chi connectivity index (χ0v) is 11.0. The lowest BCUT2D eigenvalue weighted by atomic mass is 10.0. The van der Waals surface area contributed by atoms with E-state index in [-0.39, 0.29) is 0 Å². The first-order valence-electron chi connectivity index (χ1n) is 5.87.